The van der Waals surface area contributed by atoms with E-state index >= 15 is 4.39 Å². The van der Waals surface area contributed by atoms with Gasteiger partial charge in [-0.25, -0.2) is 9.37 Å². The summed E-state index contributed by atoms with van der Waals surface area (Å²) < 4.78 is 16.8. The fraction of sp³-hybridized carbons (Fsp3) is 0.394. The zero-order chi connectivity index (χ0) is 31.2. The number of carbonyl (C=O) groups is 1. The summed E-state index contributed by atoms with van der Waals surface area (Å²) in [5.41, 5.74) is 1.96. The van der Waals surface area contributed by atoms with Crippen molar-refractivity contribution in [2.45, 2.75) is 52.2 Å². The summed E-state index contributed by atoms with van der Waals surface area (Å²) in [6.45, 7) is 13.4. The Hall–Kier alpha value is -4.51. The standard InChI is InChI=1S/C33H39FN8O2/c1-6-40(7-2)27-16-21-18-36-32(37-22-12-13-26(24(34)17-22)41-15-14-35-20(3)19-41)38-30(21)42(31(27)44)29-28(43)23-10-8-9-11-25(23)39-33(29,4)5/h8-13,16-18,20,29,35,39H,6-7,14-15,19H2,1-5H3,(H,36,37,38). The van der Waals surface area contributed by atoms with Crippen molar-refractivity contribution >= 4 is 45.5 Å². The number of fused-ring (bicyclic) bond motifs is 2. The Balaban J connectivity index is 1.45. The fourth-order valence-electron chi connectivity index (χ4n) is 6.45. The van der Waals surface area contributed by atoms with Crippen LogP contribution in [0.4, 0.5) is 33.1 Å². The molecule has 0 spiro atoms. The van der Waals surface area contributed by atoms with E-state index in [0.29, 0.717) is 46.7 Å². The Kier molecular flexibility index (Phi) is 7.75. The quantitative estimate of drug-likeness (QED) is 0.273. The van der Waals surface area contributed by atoms with Gasteiger partial charge in [0, 0.05) is 67.3 Å². The Morgan fingerprint density at radius 1 is 1.11 bits per heavy atom. The summed E-state index contributed by atoms with van der Waals surface area (Å²) >= 11 is 0. The number of anilines is 5. The molecule has 0 aliphatic carbocycles. The van der Waals surface area contributed by atoms with Crippen molar-refractivity contribution in [2.75, 3.05) is 53.2 Å². The molecule has 10 nitrogen and oxygen atoms in total. The lowest BCUT2D eigenvalue weighted by Gasteiger charge is -2.41. The summed E-state index contributed by atoms with van der Waals surface area (Å²) in [7, 11) is 0. The molecule has 2 atom stereocenters. The number of para-hydroxylation sites is 1. The summed E-state index contributed by atoms with van der Waals surface area (Å²) in [5.74, 6) is -0.318. The molecule has 2 aliphatic heterocycles. The summed E-state index contributed by atoms with van der Waals surface area (Å²) in [6, 6.07) is 13.5. The molecule has 6 rings (SSSR count). The SMILES string of the molecule is CCN(CC)c1cc2cnc(Nc3ccc(N4CCNC(C)C4)c(F)c3)nc2n(C2C(=O)c3ccccc3NC2(C)C)c1=O. The Morgan fingerprint density at radius 3 is 2.61 bits per heavy atom. The minimum atomic E-state index is -0.885. The zero-order valence-corrected chi connectivity index (χ0v) is 25.8. The van der Waals surface area contributed by atoms with Crippen LogP contribution in [0.1, 0.15) is 51.0 Å². The van der Waals surface area contributed by atoms with Gasteiger partial charge in [-0.05, 0) is 71.0 Å². The van der Waals surface area contributed by atoms with E-state index in [1.165, 1.54) is 10.6 Å². The van der Waals surface area contributed by atoms with Crippen molar-refractivity contribution in [3.05, 3.63) is 76.5 Å². The molecule has 4 aromatic rings. The monoisotopic (exact) mass is 598 g/mol. The van der Waals surface area contributed by atoms with Crippen LogP contribution in [0, 0.1) is 5.82 Å². The van der Waals surface area contributed by atoms with Crippen molar-refractivity contribution in [1.82, 2.24) is 19.9 Å². The van der Waals surface area contributed by atoms with E-state index in [1.54, 1.807) is 30.5 Å². The van der Waals surface area contributed by atoms with Crippen LogP contribution >= 0.6 is 0 Å². The molecule has 0 amide bonds. The van der Waals surface area contributed by atoms with Gasteiger partial charge in [0.1, 0.15) is 23.2 Å². The first-order chi connectivity index (χ1) is 21.1. The smallest absolute Gasteiger partial charge is 0.276 e. The summed E-state index contributed by atoms with van der Waals surface area (Å²) in [6.07, 6.45) is 1.64. The molecule has 2 aromatic carbocycles. The first-order valence-corrected chi connectivity index (χ1v) is 15.2. The van der Waals surface area contributed by atoms with Crippen LogP contribution in [-0.2, 0) is 0 Å². The minimum Gasteiger partial charge on any atom is -0.377 e. The Morgan fingerprint density at radius 2 is 1.89 bits per heavy atom. The molecule has 3 N–H and O–H groups in total. The number of halogens is 1. The largest absolute Gasteiger partial charge is 0.377 e. The molecule has 2 aliphatic rings. The molecule has 4 heterocycles. The van der Waals surface area contributed by atoms with E-state index in [4.69, 9.17) is 4.98 Å². The molecule has 11 heteroatoms. The van der Waals surface area contributed by atoms with E-state index in [1.807, 2.05) is 55.7 Å². The van der Waals surface area contributed by atoms with Crippen molar-refractivity contribution in [2.24, 2.45) is 0 Å². The number of hydrogen-bond acceptors (Lipinski definition) is 9. The third-order valence-corrected chi connectivity index (χ3v) is 8.61. The van der Waals surface area contributed by atoms with E-state index in [-0.39, 0.29) is 29.1 Å². The summed E-state index contributed by atoms with van der Waals surface area (Å²) in [4.78, 5) is 41.7. The van der Waals surface area contributed by atoms with Crippen molar-refractivity contribution in [3.8, 4) is 0 Å². The average Bonchev–Trinajstić information content (AvgIpc) is 2.99. The lowest BCUT2D eigenvalue weighted by molar-refractivity contribution is 0.0876. The Labute approximate surface area is 256 Å². The van der Waals surface area contributed by atoms with Gasteiger partial charge in [0.25, 0.3) is 5.56 Å². The van der Waals surface area contributed by atoms with E-state index in [2.05, 4.69) is 27.9 Å². The Bertz CT molecular complexity index is 1780. The predicted molar refractivity (Wildman–Crippen MR) is 174 cm³/mol. The highest BCUT2D eigenvalue weighted by Gasteiger charge is 2.44. The number of carbonyl (C=O) groups excluding carboxylic acids is 1. The lowest BCUT2D eigenvalue weighted by Crippen LogP contribution is -2.52. The van der Waals surface area contributed by atoms with Gasteiger partial charge >= 0.3 is 0 Å². The second-order valence-electron chi connectivity index (χ2n) is 12.1. The van der Waals surface area contributed by atoms with E-state index < -0.39 is 11.6 Å². The number of pyridine rings is 1. The maximum absolute atomic E-state index is 15.3. The highest BCUT2D eigenvalue weighted by atomic mass is 19.1. The zero-order valence-electron chi connectivity index (χ0n) is 25.8. The van der Waals surface area contributed by atoms with Gasteiger partial charge in [-0.15, -0.1) is 0 Å². The fourth-order valence-corrected chi connectivity index (χ4v) is 6.45. The number of rotatable bonds is 7. The van der Waals surface area contributed by atoms with Gasteiger partial charge in [0.05, 0.1) is 11.2 Å². The molecule has 0 bridgehead atoms. The lowest BCUT2D eigenvalue weighted by atomic mass is 9.82. The van der Waals surface area contributed by atoms with Crippen LogP contribution in [0.15, 0.2) is 59.5 Å². The molecule has 1 saturated heterocycles. The normalized spacial score (nSPS) is 19.4. The van der Waals surface area contributed by atoms with Crippen LogP contribution in [0.25, 0.3) is 11.0 Å². The van der Waals surface area contributed by atoms with Gasteiger partial charge in [-0.1, -0.05) is 12.1 Å². The van der Waals surface area contributed by atoms with Crippen LogP contribution in [0.3, 0.4) is 0 Å². The predicted octanol–water partition coefficient (Wildman–Crippen LogP) is 4.95. The second kappa shape index (κ2) is 11.5. The highest BCUT2D eigenvalue weighted by Crippen LogP contribution is 2.38. The number of hydrogen-bond donors (Lipinski definition) is 3. The number of nitrogens with one attached hydrogen (secondary N) is 3. The van der Waals surface area contributed by atoms with Crippen LogP contribution in [0.5, 0.6) is 0 Å². The van der Waals surface area contributed by atoms with Crippen molar-refractivity contribution < 1.29 is 9.18 Å². The van der Waals surface area contributed by atoms with Crippen LogP contribution in [0.2, 0.25) is 0 Å². The highest BCUT2D eigenvalue weighted by molar-refractivity contribution is 6.07. The third-order valence-electron chi connectivity index (χ3n) is 8.61. The number of piperazine rings is 1. The molecular formula is C33H39FN8O2. The molecule has 0 saturated carbocycles. The average molecular weight is 599 g/mol. The maximum atomic E-state index is 15.3. The summed E-state index contributed by atoms with van der Waals surface area (Å²) in [5, 5.41) is 10.6. The molecular weight excluding hydrogens is 559 g/mol. The first kappa shape index (κ1) is 29.6. The van der Waals surface area contributed by atoms with E-state index in [9.17, 15) is 9.59 Å². The van der Waals surface area contributed by atoms with Gasteiger partial charge in [0.15, 0.2) is 5.78 Å². The maximum Gasteiger partial charge on any atom is 0.276 e. The van der Waals surface area contributed by atoms with Crippen LogP contribution in [-0.4, -0.2) is 64.6 Å². The number of nitrogens with zero attached hydrogens (tertiary/aromatic N) is 5. The molecule has 230 valence electrons. The van der Waals surface area contributed by atoms with Crippen molar-refractivity contribution in [1.29, 1.82) is 0 Å². The number of benzene rings is 2. The van der Waals surface area contributed by atoms with Crippen molar-refractivity contribution in [3.63, 3.8) is 0 Å². The van der Waals surface area contributed by atoms with Gasteiger partial charge in [0.2, 0.25) is 5.95 Å². The van der Waals surface area contributed by atoms with Gasteiger partial charge in [-0.3, -0.25) is 14.2 Å². The van der Waals surface area contributed by atoms with Crippen LogP contribution < -0.4 is 31.3 Å². The van der Waals surface area contributed by atoms with E-state index in [0.717, 1.165) is 25.3 Å². The minimum absolute atomic E-state index is 0.169. The molecule has 1 fully saturated rings. The number of Topliss-reactive ketones (excluding diaryl/α,β-unsaturated/α-hetero) is 1. The topological polar surface area (TPSA) is 107 Å². The third kappa shape index (κ3) is 5.25. The van der Waals surface area contributed by atoms with Gasteiger partial charge in [-0.2, -0.15) is 4.98 Å². The number of aromatic nitrogens is 3. The molecule has 2 aromatic heterocycles. The van der Waals surface area contributed by atoms with Gasteiger partial charge < -0.3 is 25.8 Å². The molecule has 0 radical (unpaired) electrons. The molecule has 44 heavy (non-hydrogen) atoms. The molecule has 2 unspecified atom stereocenters. The number of ketones is 1. The first-order valence-electron chi connectivity index (χ1n) is 15.2. The second-order valence-corrected chi connectivity index (χ2v) is 12.1.